The van der Waals surface area contributed by atoms with Crippen LogP contribution in [0.1, 0.15) is 69.2 Å². The van der Waals surface area contributed by atoms with E-state index in [4.69, 9.17) is 18.5 Å². The predicted molar refractivity (Wildman–Crippen MR) is 125 cm³/mol. The standard InChI is InChI=1S/C23H41BO4Si/c1-17(26-29(11,12)20(2,3)4)21(5,6)25-19-15-13-18(14-16-19)24-27-22(7,8)23(9,10)28-24/h13-17H,1-12H3. The number of hydrogen-bond acceptors (Lipinski definition) is 4. The number of benzene rings is 1. The van der Waals surface area contributed by atoms with Gasteiger partial charge in [-0.05, 0) is 84.2 Å². The van der Waals surface area contributed by atoms with E-state index in [0.717, 1.165) is 11.2 Å². The van der Waals surface area contributed by atoms with Crippen molar-refractivity contribution < 1.29 is 18.5 Å². The maximum Gasteiger partial charge on any atom is 0.494 e. The highest BCUT2D eigenvalue weighted by Gasteiger charge is 2.51. The molecule has 1 heterocycles. The molecule has 0 aromatic heterocycles. The van der Waals surface area contributed by atoms with E-state index in [2.05, 4.69) is 82.3 Å². The molecule has 1 aromatic rings. The highest BCUT2D eigenvalue weighted by atomic mass is 28.4. The summed E-state index contributed by atoms with van der Waals surface area (Å²) in [5.41, 5.74) is -0.127. The summed E-state index contributed by atoms with van der Waals surface area (Å²) in [6.45, 7) is 25.9. The minimum atomic E-state index is -1.86. The Morgan fingerprint density at radius 3 is 1.76 bits per heavy atom. The van der Waals surface area contributed by atoms with E-state index >= 15 is 0 Å². The van der Waals surface area contributed by atoms with Gasteiger partial charge in [0.25, 0.3) is 0 Å². The number of ether oxygens (including phenoxy) is 1. The van der Waals surface area contributed by atoms with Crippen LogP contribution in [0.4, 0.5) is 0 Å². The molecule has 1 aromatic carbocycles. The second kappa shape index (κ2) is 7.70. The second-order valence-electron chi connectivity index (χ2n) is 11.4. The van der Waals surface area contributed by atoms with E-state index in [1.807, 2.05) is 24.3 Å². The van der Waals surface area contributed by atoms with Crippen LogP contribution in [0.2, 0.25) is 18.1 Å². The molecule has 1 fully saturated rings. The van der Waals surface area contributed by atoms with Gasteiger partial charge in [0.1, 0.15) is 11.4 Å². The molecule has 0 radical (unpaired) electrons. The van der Waals surface area contributed by atoms with Gasteiger partial charge >= 0.3 is 7.12 Å². The summed E-state index contributed by atoms with van der Waals surface area (Å²) in [6, 6.07) is 8.02. The minimum Gasteiger partial charge on any atom is -0.485 e. The maximum atomic E-state index is 6.56. The second-order valence-corrected chi connectivity index (χ2v) is 16.1. The zero-order valence-electron chi connectivity index (χ0n) is 20.6. The van der Waals surface area contributed by atoms with Gasteiger partial charge < -0.3 is 18.5 Å². The first-order valence-corrected chi connectivity index (χ1v) is 13.6. The molecule has 0 bridgehead atoms. The Hall–Kier alpha value is -0.818. The molecule has 1 aliphatic heterocycles. The highest BCUT2D eigenvalue weighted by molar-refractivity contribution is 6.74. The Morgan fingerprint density at radius 1 is 0.897 bits per heavy atom. The van der Waals surface area contributed by atoms with Crippen LogP contribution >= 0.6 is 0 Å². The lowest BCUT2D eigenvalue weighted by Crippen LogP contribution is -2.51. The largest absolute Gasteiger partial charge is 0.494 e. The van der Waals surface area contributed by atoms with E-state index in [9.17, 15) is 0 Å². The molecule has 0 spiro atoms. The smallest absolute Gasteiger partial charge is 0.485 e. The van der Waals surface area contributed by atoms with Crippen molar-refractivity contribution in [3.63, 3.8) is 0 Å². The number of rotatable bonds is 6. The van der Waals surface area contributed by atoms with Gasteiger partial charge in [-0.3, -0.25) is 0 Å². The van der Waals surface area contributed by atoms with Crippen LogP contribution in [0.3, 0.4) is 0 Å². The van der Waals surface area contributed by atoms with Crippen molar-refractivity contribution in [1.29, 1.82) is 0 Å². The zero-order chi connectivity index (χ0) is 22.5. The average molecular weight is 420 g/mol. The summed E-state index contributed by atoms with van der Waals surface area (Å²) in [6.07, 6.45) is -0.0221. The number of hydrogen-bond donors (Lipinski definition) is 0. The fourth-order valence-electron chi connectivity index (χ4n) is 2.82. The third kappa shape index (κ3) is 5.27. The first-order chi connectivity index (χ1) is 12.9. The van der Waals surface area contributed by atoms with Crippen LogP contribution in [0.25, 0.3) is 0 Å². The molecule has 1 atom stereocenters. The van der Waals surface area contributed by atoms with Gasteiger partial charge in [0.05, 0.1) is 17.3 Å². The van der Waals surface area contributed by atoms with Crippen LogP contribution in [0.15, 0.2) is 24.3 Å². The van der Waals surface area contributed by atoms with Crippen molar-refractivity contribution in [3.8, 4) is 5.75 Å². The molecule has 1 aliphatic rings. The van der Waals surface area contributed by atoms with Crippen molar-refractivity contribution >= 4 is 20.9 Å². The van der Waals surface area contributed by atoms with Gasteiger partial charge in [-0.2, -0.15) is 0 Å². The first-order valence-electron chi connectivity index (χ1n) is 10.7. The highest BCUT2D eigenvalue weighted by Crippen LogP contribution is 2.39. The normalized spacial score (nSPS) is 20.6. The van der Waals surface area contributed by atoms with Crippen molar-refractivity contribution in [2.75, 3.05) is 0 Å². The van der Waals surface area contributed by atoms with Crippen molar-refractivity contribution in [2.45, 2.75) is 110 Å². The minimum absolute atomic E-state index is 0.0221. The third-order valence-electron chi connectivity index (χ3n) is 7.04. The van der Waals surface area contributed by atoms with Gasteiger partial charge in [0, 0.05) is 0 Å². The summed E-state index contributed by atoms with van der Waals surface area (Å²) in [7, 11) is -2.22. The molecule has 0 saturated carbocycles. The molecule has 164 valence electrons. The lowest BCUT2D eigenvalue weighted by molar-refractivity contribution is -0.0104. The van der Waals surface area contributed by atoms with E-state index in [-0.39, 0.29) is 29.5 Å². The topological polar surface area (TPSA) is 36.9 Å². The van der Waals surface area contributed by atoms with Crippen molar-refractivity contribution in [2.24, 2.45) is 0 Å². The lowest BCUT2D eigenvalue weighted by Gasteiger charge is -2.43. The average Bonchev–Trinajstić information content (AvgIpc) is 2.74. The van der Waals surface area contributed by atoms with E-state index < -0.39 is 13.9 Å². The van der Waals surface area contributed by atoms with Crippen molar-refractivity contribution in [1.82, 2.24) is 0 Å². The Balaban J connectivity index is 2.07. The molecule has 0 N–H and O–H groups in total. The van der Waals surface area contributed by atoms with Crippen LogP contribution in [-0.2, 0) is 13.7 Å². The van der Waals surface area contributed by atoms with Crippen LogP contribution in [0.5, 0.6) is 5.75 Å². The van der Waals surface area contributed by atoms with Crippen LogP contribution < -0.4 is 10.2 Å². The molecule has 0 amide bonds. The molecule has 4 nitrogen and oxygen atoms in total. The lowest BCUT2D eigenvalue weighted by atomic mass is 9.79. The van der Waals surface area contributed by atoms with Crippen LogP contribution in [0, 0.1) is 0 Å². The van der Waals surface area contributed by atoms with Gasteiger partial charge in [0.2, 0.25) is 0 Å². The zero-order valence-corrected chi connectivity index (χ0v) is 21.6. The van der Waals surface area contributed by atoms with Crippen LogP contribution in [-0.4, -0.2) is 38.3 Å². The van der Waals surface area contributed by atoms with Gasteiger partial charge in [-0.15, -0.1) is 0 Å². The van der Waals surface area contributed by atoms with Gasteiger partial charge in [-0.1, -0.05) is 32.9 Å². The molecule has 29 heavy (non-hydrogen) atoms. The quantitative estimate of drug-likeness (QED) is 0.565. The molecule has 0 aliphatic carbocycles. The summed E-state index contributed by atoms with van der Waals surface area (Å²) in [5.74, 6) is 0.820. The Labute approximate surface area is 179 Å². The molecule has 6 heteroatoms. The summed E-state index contributed by atoms with van der Waals surface area (Å²) < 4.78 is 25.2. The Kier molecular flexibility index (Phi) is 6.49. The summed E-state index contributed by atoms with van der Waals surface area (Å²) in [4.78, 5) is 0. The maximum absolute atomic E-state index is 6.56. The monoisotopic (exact) mass is 420 g/mol. The van der Waals surface area contributed by atoms with E-state index in [0.29, 0.717) is 0 Å². The molecular weight excluding hydrogens is 379 g/mol. The van der Waals surface area contributed by atoms with E-state index in [1.165, 1.54) is 0 Å². The third-order valence-corrected chi connectivity index (χ3v) is 11.6. The Morgan fingerprint density at radius 2 is 1.34 bits per heavy atom. The van der Waals surface area contributed by atoms with Gasteiger partial charge in [-0.25, -0.2) is 0 Å². The van der Waals surface area contributed by atoms with Crippen molar-refractivity contribution in [3.05, 3.63) is 24.3 Å². The molecule has 2 rings (SSSR count). The predicted octanol–water partition coefficient (Wildman–Crippen LogP) is 5.55. The summed E-state index contributed by atoms with van der Waals surface area (Å²) >= 11 is 0. The fourth-order valence-corrected chi connectivity index (χ4v) is 4.34. The van der Waals surface area contributed by atoms with E-state index in [1.54, 1.807) is 0 Å². The van der Waals surface area contributed by atoms with Gasteiger partial charge in [0.15, 0.2) is 8.32 Å². The molecule has 1 unspecified atom stereocenters. The molecule has 1 saturated heterocycles. The Bertz CT molecular complexity index is 689. The first kappa shape index (κ1) is 24.5. The summed E-state index contributed by atoms with van der Waals surface area (Å²) in [5, 5.41) is 0.168. The fraction of sp³-hybridized carbons (Fsp3) is 0.739. The molecular formula is C23H41BO4Si. The SMILES string of the molecule is CC(O[Si](C)(C)C(C)(C)C)C(C)(C)Oc1ccc(B2OC(C)(C)C(C)(C)O2)cc1.